The van der Waals surface area contributed by atoms with Crippen LogP contribution in [0.4, 0.5) is 11.5 Å². The van der Waals surface area contributed by atoms with Gasteiger partial charge in [0.15, 0.2) is 5.82 Å². The van der Waals surface area contributed by atoms with E-state index in [1.54, 1.807) is 6.92 Å². The van der Waals surface area contributed by atoms with E-state index in [0.29, 0.717) is 11.4 Å². The summed E-state index contributed by atoms with van der Waals surface area (Å²) >= 11 is 0. The highest BCUT2D eigenvalue weighted by Gasteiger charge is 2.16. The summed E-state index contributed by atoms with van der Waals surface area (Å²) in [5.41, 5.74) is 2.58. The molecule has 0 radical (unpaired) electrons. The molecule has 0 aliphatic rings. The van der Waals surface area contributed by atoms with Crippen LogP contribution in [-0.2, 0) is 14.8 Å². The van der Waals surface area contributed by atoms with Crippen molar-refractivity contribution in [3.8, 4) is 5.75 Å². The van der Waals surface area contributed by atoms with E-state index in [2.05, 4.69) is 15.2 Å². The van der Waals surface area contributed by atoms with E-state index < -0.39 is 10.0 Å². The number of aromatic nitrogens is 1. The molecule has 0 spiro atoms. The molecule has 1 amide bonds. The third kappa shape index (κ3) is 5.60. The molecule has 158 valence electrons. The molecule has 0 aliphatic carbocycles. The maximum atomic E-state index is 12.4. The number of ether oxygens (including phenoxy) is 1. The monoisotopic (exact) mass is 429 g/mol. The molecule has 8 nitrogen and oxygen atoms in total. The lowest BCUT2D eigenvalue weighted by atomic mass is 10.1. The zero-order valence-electron chi connectivity index (χ0n) is 16.9. The van der Waals surface area contributed by atoms with Crippen LogP contribution in [0.15, 0.2) is 57.9 Å². The number of aryl methyl sites for hydroxylation is 3. The molecule has 30 heavy (non-hydrogen) atoms. The van der Waals surface area contributed by atoms with Gasteiger partial charge in [-0.05, 0) is 62.2 Å². The predicted octanol–water partition coefficient (Wildman–Crippen LogP) is 3.81. The van der Waals surface area contributed by atoms with E-state index in [9.17, 15) is 13.2 Å². The molecule has 3 rings (SSSR count). The molecule has 2 N–H and O–H groups in total. The summed E-state index contributed by atoms with van der Waals surface area (Å²) < 4.78 is 37.6. The Bertz CT molecular complexity index is 1140. The Kier molecular flexibility index (Phi) is 6.41. The molecule has 0 fully saturated rings. The standard InChI is InChI=1S/C21H23N3O5S/c1-14-4-5-15(2)19(12-14)28-11-10-21(25)22-17-6-8-18(9-7-17)30(26,27)24-20-13-16(3)29-23-20/h4-9,12-13H,10-11H2,1-3H3,(H,22,25)(H,23,24). The number of rotatable bonds is 8. The molecule has 0 bridgehead atoms. The summed E-state index contributed by atoms with van der Waals surface area (Å²) in [4.78, 5) is 12.2. The number of amides is 1. The first kappa shape index (κ1) is 21.4. The summed E-state index contributed by atoms with van der Waals surface area (Å²) in [6, 6.07) is 13.2. The summed E-state index contributed by atoms with van der Waals surface area (Å²) in [5, 5.41) is 6.33. The van der Waals surface area contributed by atoms with Crippen LogP contribution < -0.4 is 14.8 Å². The number of nitrogens with zero attached hydrogens (tertiary/aromatic N) is 1. The minimum Gasteiger partial charge on any atom is -0.493 e. The molecule has 0 unspecified atom stereocenters. The fraction of sp³-hybridized carbons (Fsp3) is 0.238. The van der Waals surface area contributed by atoms with Gasteiger partial charge in [-0.1, -0.05) is 17.3 Å². The molecular formula is C21H23N3O5S. The van der Waals surface area contributed by atoms with E-state index in [1.165, 1.54) is 30.3 Å². The van der Waals surface area contributed by atoms with Crippen LogP contribution in [0.2, 0.25) is 0 Å². The first-order chi connectivity index (χ1) is 14.2. The fourth-order valence-corrected chi connectivity index (χ4v) is 3.65. The second-order valence-corrected chi connectivity index (χ2v) is 8.55. The van der Waals surface area contributed by atoms with Crippen molar-refractivity contribution < 1.29 is 22.5 Å². The third-order valence-corrected chi connectivity index (χ3v) is 5.62. The summed E-state index contributed by atoms with van der Waals surface area (Å²) in [5.74, 6) is 1.13. The molecular weight excluding hydrogens is 406 g/mol. The lowest BCUT2D eigenvalue weighted by Crippen LogP contribution is -2.16. The SMILES string of the molecule is Cc1ccc(C)c(OCCC(=O)Nc2ccc(S(=O)(=O)Nc3cc(C)on3)cc2)c1. The average Bonchev–Trinajstić information content (AvgIpc) is 3.09. The number of benzene rings is 2. The number of carbonyl (C=O) groups is 1. The molecule has 0 aliphatic heterocycles. The van der Waals surface area contributed by atoms with Crippen molar-refractivity contribution in [2.24, 2.45) is 0 Å². The van der Waals surface area contributed by atoms with Crippen LogP contribution in [0.5, 0.6) is 5.75 Å². The molecule has 3 aromatic rings. The van der Waals surface area contributed by atoms with Crippen LogP contribution in [0, 0.1) is 20.8 Å². The average molecular weight is 429 g/mol. The highest BCUT2D eigenvalue weighted by molar-refractivity contribution is 7.92. The number of carbonyl (C=O) groups excluding carboxylic acids is 1. The normalized spacial score (nSPS) is 11.2. The summed E-state index contributed by atoms with van der Waals surface area (Å²) in [6.07, 6.45) is 0.167. The fourth-order valence-electron chi connectivity index (χ4n) is 2.67. The van der Waals surface area contributed by atoms with Gasteiger partial charge in [-0.2, -0.15) is 0 Å². The van der Waals surface area contributed by atoms with Gasteiger partial charge in [0.25, 0.3) is 10.0 Å². The molecule has 2 aromatic carbocycles. The lowest BCUT2D eigenvalue weighted by Gasteiger charge is -2.10. The third-order valence-electron chi connectivity index (χ3n) is 4.25. The van der Waals surface area contributed by atoms with Crippen LogP contribution >= 0.6 is 0 Å². The zero-order chi connectivity index (χ0) is 21.7. The number of hydrogen-bond donors (Lipinski definition) is 2. The minimum atomic E-state index is -3.80. The van der Waals surface area contributed by atoms with Crippen molar-refractivity contribution in [3.05, 3.63) is 65.4 Å². The second-order valence-electron chi connectivity index (χ2n) is 6.87. The largest absolute Gasteiger partial charge is 0.493 e. The predicted molar refractivity (Wildman–Crippen MR) is 113 cm³/mol. The van der Waals surface area contributed by atoms with Crippen molar-refractivity contribution >= 4 is 27.4 Å². The number of hydrogen-bond acceptors (Lipinski definition) is 6. The minimum absolute atomic E-state index is 0.0411. The van der Waals surface area contributed by atoms with E-state index in [-0.39, 0.29) is 29.6 Å². The van der Waals surface area contributed by atoms with Gasteiger partial charge in [0.05, 0.1) is 17.9 Å². The maximum Gasteiger partial charge on any atom is 0.263 e. The zero-order valence-corrected chi connectivity index (χ0v) is 17.7. The van der Waals surface area contributed by atoms with Gasteiger partial charge in [-0.15, -0.1) is 0 Å². The van der Waals surface area contributed by atoms with Gasteiger partial charge in [-0.25, -0.2) is 8.42 Å². The Labute approximate surface area is 175 Å². The number of sulfonamides is 1. The Morgan fingerprint density at radius 2 is 1.80 bits per heavy atom. The van der Waals surface area contributed by atoms with Gasteiger partial charge in [-0.3, -0.25) is 9.52 Å². The summed E-state index contributed by atoms with van der Waals surface area (Å²) in [7, 11) is -3.80. The molecule has 9 heteroatoms. The highest BCUT2D eigenvalue weighted by Crippen LogP contribution is 2.20. The van der Waals surface area contributed by atoms with Crippen LogP contribution in [-0.4, -0.2) is 26.1 Å². The quantitative estimate of drug-likeness (QED) is 0.563. The van der Waals surface area contributed by atoms with Gasteiger partial charge in [0.2, 0.25) is 5.91 Å². The molecule has 0 saturated heterocycles. The van der Waals surface area contributed by atoms with Crippen molar-refractivity contribution in [2.45, 2.75) is 32.1 Å². The Hall–Kier alpha value is -3.33. The Balaban J connectivity index is 1.53. The molecule has 1 aromatic heterocycles. The van der Waals surface area contributed by atoms with Gasteiger partial charge >= 0.3 is 0 Å². The second kappa shape index (κ2) is 9.00. The first-order valence-electron chi connectivity index (χ1n) is 9.29. The number of anilines is 2. The van der Waals surface area contributed by atoms with E-state index >= 15 is 0 Å². The maximum absolute atomic E-state index is 12.4. The highest BCUT2D eigenvalue weighted by atomic mass is 32.2. The lowest BCUT2D eigenvalue weighted by molar-refractivity contribution is -0.116. The van der Waals surface area contributed by atoms with Crippen molar-refractivity contribution in [3.63, 3.8) is 0 Å². The van der Waals surface area contributed by atoms with Crippen molar-refractivity contribution in [1.82, 2.24) is 5.16 Å². The number of nitrogens with one attached hydrogen (secondary N) is 2. The van der Waals surface area contributed by atoms with Crippen LogP contribution in [0.1, 0.15) is 23.3 Å². The van der Waals surface area contributed by atoms with Crippen LogP contribution in [0.3, 0.4) is 0 Å². The van der Waals surface area contributed by atoms with Gasteiger partial charge in [0.1, 0.15) is 11.5 Å². The first-order valence-corrected chi connectivity index (χ1v) is 10.8. The smallest absolute Gasteiger partial charge is 0.263 e. The topological polar surface area (TPSA) is 111 Å². The molecule has 0 atom stereocenters. The van der Waals surface area contributed by atoms with Gasteiger partial charge < -0.3 is 14.6 Å². The molecule has 0 saturated carbocycles. The van der Waals surface area contributed by atoms with E-state index in [1.807, 2.05) is 32.0 Å². The summed E-state index contributed by atoms with van der Waals surface area (Å²) in [6.45, 7) is 5.83. The van der Waals surface area contributed by atoms with Crippen LogP contribution in [0.25, 0.3) is 0 Å². The molecule has 1 heterocycles. The Morgan fingerprint density at radius 1 is 1.07 bits per heavy atom. The Morgan fingerprint density at radius 3 is 2.47 bits per heavy atom. The van der Waals surface area contributed by atoms with Gasteiger partial charge in [0, 0.05) is 11.8 Å². The van der Waals surface area contributed by atoms with Crippen molar-refractivity contribution in [1.29, 1.82) is 0 Å². The van der Waals surface area contributed by atoms with E-state index in [4.69, 9.17) is 9.26 Å². The van der Waals surface area contributed by atoms with Crippen molar-refractivity contribution in [2.75, 3.05) is 16.6 Å². The van der Waals surface area contributed by atoms with E-state index in [0.717, 1.165) is 16.9 Å².